The zero-order valence-electron chi connectivity index (χ0n) is 12.4. The number of benzene rings is 2. The number of hydrogen-bond donors (Lipinski definition) is 0. The summed E-state index contributed by atoms with van der Waals surface area (Å²) in [6.07, 6.45) is 0. The number of methoxy groups -OCH3 is 1. The summed E-state index contributed by atoms with van der Waals surface area (Å²) in [4.78, 5) is 2.12. The van der Waals surface area contributed by atoms with Gasteiger partial charge in [0.25, 0.3) is 0 Å². The van der Waals surface area contributed by atoms with Crippen LogP contribution in [0.1, 0.15) is 24.1 Å². The van der Waals surface area contributed by atoms with Gasteiger partial charge in [0.1, 0.15) is 11.6 Å². The Hall–Kier alpha value is -1.39. The monoisotopic (exact) mass is 351 g/mol. The summed E-state index contributed by atoms with van der Waals surface area (Å²) in [5.74, 6) is 0.649. The van der Waals surface area contributed by atoms with Gasteiger partial charge in [-0.2, -0.15) is 0 Å². The Morgan fingerprint density at radius 3 is 2.57 bits per heavy atom. The molecule has 2 aromatic rings. The average molecular weight is 352 g/mol. The fourth-order valence-electron chi connectivity index (χ4n) is 2.28. The third-order valence-electron chi connectivity index (χ3n) is 3.66. The van der Waals surface area contributed by atoms with Crippen molar-refractivity contribution < 1.29 is 9.13 Å². The molecule has 0 aliphatic heterocycles. The molecule has 0 spiro atoms. The largest absolute Gasteiger partial charge is 0.496 e. The van der Waals surface area contributed by atoms with Crippen LogP contribution in [-0.4, -0.2) is 19.1 Å². The van der Waals surface area contributed by atoms with Gasteiger partial charge in [0.2, 0.25) is 0 Å². The summed E-state index contributed by atoms with van der Waals surface area (Å²) in [5.41, 5.74) is 1.86. The number of nitrogens with zero attached hydrogens (tertiary/aromatic N) is 1. The van der Waals surface area contributed by atoms with Crippen LogP contribution >= 0.6 is 15.9 Å². The Morgan fingerprint density at radius 2 is 1.95 bits per heavy atom. The zero-order chi connectivity index (χ0) is 15.4. The van der Waals surface area contributed by atoms with Gasteiger partial charge in [0.05, 0.1) is 11.6 Å². The summed E-state index contributed by atoms with van der Waals surface area (Å²) in [6.45, 7) is 2.75. The maximum absolute atomic E-state index is 13.9. The first kappa shape index (κ1) is 16.0. The molecule has 112 valence electrons. The fourth-order valence-corrected chi connectivity index (χ4v) is 2.87. The molecule has 1 unspecified atom stereocenters. The van der Waals surface area contributed by atoms with Gasteiger partial charge in [-0.15, -0.1) is 0 Å². The van der Waals surface area contributed by atoms with E-state index in [-0.39, 0.29) is 11.9 Å². The molecule has 0 radical (unpaired) electrons. The zero-order valence-corrected chi connectivity index (χ0v) is 14.0. The van der Waals surface area contributed by atoms with Gasteiger partial charge in [0.15, 0.2) is 0 Å². The minimum absolute atomic E-state index is 0.00655. The lowest BCUT2D eigenvalue weighted by atomic mass is 10.1. The van der Waals surface area contributed by atoms with Crippen molar-refractivity contribution in [1.82, 2.24) is 4.90 Å². The van der Waals surface area contributed by atoms with E-state index in [0.29, 0.717) is 5.56 Å². The Balaban J connectivity index is 2.12. The van der Waals surface area contributed by atoms with Crippen molar-refractivity contribution in [3.8, 4) is 5.75 Å². The summed E-state index contributed by atoms with van der Waals surface area (Å²) >= 11 is 3.49. The highest BCUT2D eigenvalue weighted by molar-refractivity contribution is 9.10. The molecule has 0 saturated heterocycles. The molecule has 0 aliphatic carbocycles. The molecule has 1 atom stereocenters. The topological polar surface area (TPSA) is 12.5 Å². The molecule has 0 fully saturated rings. The van der Waals surface area contributed by atoms with Crippen LogP contribution in [0.4, 0.5) is 4.39 Å². The van der Waals surface area contributed by atoms with Crippen LogP contribution in [-0.2, 0) is 6.54 Å². The van der Waals surface area contributed by atoms with E-state index in [9.17, 15) is 4.39 Å². The number of hydrogen-bond acceptors (Lipinski definition) is 2. The molecule has 2 rings (SSSR count). The molecule has 0 amide bonds. The van der Waals surface area contributed by atoms with Crippen LogP contribution < -0.4 is 4.74 Å². The Bertz CT molecular complexity index is 617. The van der Waals surface area contributed by atoms with Gasteiger partial charge in [-0.25, -0.2) is 4.39 Å². The first-order valence-electron chi connectivity index (χ1n) is 6.80. The van der Waals surface area contributed by atoms with E-state index >= 15 is 0 Å². The van der Waals surface area contributed by atoms with Crippen molar-refractivity contribution in [2.24, 2.45) is 0 Å². The molecule has 0 saturated carbocycles. The van der Waals surface area contributed by atoms with Crippen molar-refractivity contribution in [2.75, 3.05) is 14.2 Å². The normalized spacial score (nSPS) is 12.5. The molecule has 2 aromatic carbocycles. The quantitative estimate of drug-likeness (QED) is 0.767. The van der Waals surface area contributed by atoms with Crippen molar-refractivity contribution in [1.29, 1.82) is 0 Å². The Kier molecular flexibility index (Phi) is 5.37. The molecule has 0 bridgehead atoms. The van der Waals surface area contributed by atoms with E-state index in [2.05, 4.69) is 20.8 Å². The van der Waals surface area contributed by atoms with Crippen molar-refractivity contribution >= 4 is 15.9 Å². The smallest absolute Gasteiger partial charge is 0.133 e. The van der Waals surface area contributed by atoms with Gasteiger partial charge >= 0.3 is 0 Å². The van der Waals surface area contributed by atoms with Crippen LogP contribution in [0.3, 0.4) is 0 Å². The van der Waals surface area contributed by atoms with E-state index in [0.717, 1.165) is 22.3 Å². The maximum Gasteiger partial charge on any atom is 0.133 e. The maximum atomic E-state index is 13.9. The van der Waals surface area contributed by atoms with Crippen molar-refractivity contribution in [3.63, 3.8) is 0 Å². The van der Waals surface area contributed by atoms with Crippen molar-refractivity contribution in [3.05, 3.63) is 63.9 Å². The predicted molar refractivity (Wildman–Crippen MR) is 87.0 cm³/mol. The lowest BCUT2D eigenvalue weighted by Crippen LogP contribution is -2.22. The van der Waals surface area contributed by atoms with Crippen LogP contribution in [0.2, 0.25) is 0 Å². The third-order valence-corrected chi connectivity index (χ3v) is 4.28. The highest BCUT2D eigenvalue weighted by atomic mass is 79.9. The molecule has 0 aliphatic rings. The van der Waals surface area contributed by atoms with Gasteiger partial charge in [-0.3, -0.25) is 4.90 Å². The Labute approximate surface area is 133 Å². The molecular formula is C17H19BrFNO. The van der Waals surface area contributed by atoms with Gasteiger partial charge in [-0.1, -0.05) is 24.3 Å². The lowest BCUT2D eigenvalue weighted by Gasteiger charge is -2.25. The average Bonchev–Trinajstić information content (AvgIpc) is 2.47. The van der Waals surface area contributed by atoms with E-state index in [1.165, 1.54) is 6.07 Å². The number of ether oxygens (including phenoxy) is 1. The highest BCUT2D eigenvalue weighted by Crippen LogP contribution is 2.28. The summed E-state index contributed by atoms with van der Waals surface area (Å²) in [5, 5.41) is 0. The van der Waals surface area contributed by atoms with Crippen LogP contribution in [0.15, 0.2) is 46.9 Å². The van der Waals surface area contributed by atoms with Gasteiger partial charge < -0.3 is 4.74 Å². The first-order chi connectivity index (χ1) is 10.0. The number of rotatable bonds is 5. The molecular weight excluding hydrogens is 333 g/mol. The molecule has 2 nitrogen and oxygen atoms in total. The van der Waals surface area contributed by atoms with Gasteiger partial charge in [0, 0.05) is 18.2 Å². The van der Waals surface area contributed by atoms with E-state index < -0.39 is 0 Å². The molecule has 0 heterocycles. The first-order valence-corrected chi connectivity index (χ1v) is 7.59. The minimum Gasteiger partial charge on any atom is -0.496 e. The fraction of sp³-hybridized carbons (Fsp3) is 0.294. The lowest BCUT2D eigenvalue weighted by molar-refractivity contribution is 0.248. The molecule has 21 heavy (non-hydrogen) atoms. The second kappa shape index (κ2) is 7.05. The molecule has 4 heteroatoms. The minimum atomic E-state index is -0.159. The van der Waals surface area contributed by atoms with E-state index in [1.807, 2.05) is 44.3 Å². The summed E-state index contributed by atoms with van der Waals surface area (Å²) in [7, 11) is 3.64. The second-order valence-corrected chi connectivity index (χ2v) is 5.94. The van der Waals surface area contributed by atoms with Crippen LogP contribution in [0.5, 0.6) is 5.75 Å². The standard InChI is InChI=1S/C17H19BrFNO/c1-12(14-6-4-5-7-16(14)19)20(2)11-13-8-9-17(21-3)15(18)10-13/h4-10,12H,11H2,1-3H3. The molecule has 0 aromatic heterocycles. The third kappa shape index (κ3) is 3.83. The second-order valence-electron chi connectivity index (χ2n) is 5.08. The summed E-state index contributed by atoms with van der Waals surface area (Å²) in [6, 6.07) is 12.9. The predicted octanol–water partition coefficient (Wildman–Crippen LogP) is 4.79. The van der Waals surface area contributed by atoms with Crippen LogP contribution in [0.25, 0.3) is 0 Å². The van der Waals surface area contributed by atoms with E-state index in [4.69, 9.17) is 4.74 Å². The van der Waals surface area contributed by atoms with E-state index in [1.54, 1.807) is 13.2 Å². The van der Waals surface area contributed by atoms with Gasteiger partial charge in [-0.05, 0) is 53.7 Å². The molecule has 0 N–H and O–H groups in total. The van der Waals surface area contributed by atoms with Crippen molar-refractivity contribution in [2.45, 2.75) is 19.5 Å². The van der Waals surface area contributed by atoms with Crippen LogP contribution in [0, 0.1) is 5.82 Å². The SMILES string of the molecule is COc1ccc(CN(C)C(C)c2ccccc2F)cc1Br. The number of halogens is 2. The Morgan fingerprint density at radius 1 is 1.24 bits per heavy atom. The summed E-state index contributed by atoms with van der Waals surface area (Å²) < 4.78 is 20.0. The highest BCUT2D eigenvalue weighted by Gasteiger charge is 2.15.